The third-order valence-electron chi connectivity index (χ3n) is 5.51. The first-order valence-corrected chi connectivity index (χ1v) is 14.4. The summed E-state index contributed by atoms with van der Waals surface area (Å²) in [7, 11) is -3.60. The van der Waals surface area contributed by atoms with Crippen molar-refractivity contribution in [1.29, 1.82) is 0 Å². The number of rotatable bonds is 6. The van der Waals surface area contributed by atoms with Crippen LogP contribution in [-0.2, 0) is 19.4 Å². The molecule has 1 amide bonds. The number of allylic oxidation sites excluding steroid dienone is 2. The number of fused-ring (bicyclic) bond motifs is 1. The number of quaternary nitrogens is 1. The smallest absolute Gasteiger partial charge is 0.313 e. The van der Waals surface area contributed by atoms with Gasteiger partial charge in [-0.3, -0.25) is 13.9 Å². The molecule has 4 rings (SSSR count). The summed E-state index contributed by atoms with van der Waals surface area (Å²) in [5.41, 5.74) is 3.22. The van der Waals surface area contributed by atoms with E-state index in [0.717, 1.165) is 35.0 Å². The number of nitrogens with one attached hydrogen (secondary N) is 1. The molecule has 2 atom stereocenters. The zero-order chi connectivity index (χ0) is 25.6. The fourth-order valence-corrected chi connectivity index (χ4v) is 6.08. The zero-order valence-electron chi connectivity index (χ0n) is 20.0. The molecule has 2 heterocycles. The van der Waals surface area contributed by atoms with Gasteiger partial charge >= 0.3 is 5.91 Å². The van der Waals surface area contributed by atoms with Crippen LogP contribution < -0.4 is 9.80 Å². The van der Waals surface area contributed by atoms with E-state index in [1.54, 1.807) is 23.5 Å². The number of hydrogen-bond acceptors (Lipinski definition) is 8. The summed E-state index contributed by atoms with van der Waals surface area (Å²) in [5, 5.41) is 1.16. The monoisotopic (exact) mass is 535 g/mol. The summed E-state index contributed by atoms with van der Waals surface area (Å²) in [4.78, 5) is 19.9. The van der Waals surface area contributed by atoms with Crippen molar-refractivity contribution in [3.05, 3.63) is 77.5 Å². The Balaban J connectivity index is 0.000000509. The van der Waals surface area contributed by atoms with Crippen molar-refractivity contribution in [2.45, 2.75) is 24.2 Å². The Morgan fingerprint density at radius 3 is 2.29 bits per heavy atom. The van der Waals surface area contributed by atoms with Gasteiger partial charge in [0.25, 0.3) is 0 Å². The Morgan fingerprint density at radius 1 is 1.09 bits per heavy atom. The molecular weight excluding hydrogens is 506 g/mol. The zero-order valence-corrected chi connectivity index (χ0v) is 22.5. The predicted octanol–water partition coefficient (Wildman–Crippen LogP) is 3.16. The number of nitrogens with zero attached hydrogens (tertiary/aromatic N) is 2. The van der Waals surface area contributed by atoms with Crippen LogP contribution >= 0.6 is 23.5 Å². The quantitative estimate of drug-likeness (QED) is 0.343. The Bertz CT molecular complexity index is 1200. The van der Waals surface area contributed by atoms with Gasteiger partial charge in [-0.25, -0.2) is 13.3 Å². The van der Waals surface area contributed by atoms with E-state index in [1.807, 2.05) is 36.1 Å². The Labute approximate surface area is 215 Å². The van der Waals surface area contributed by atoms with Gasteiger partial charge in [-0.05, 0) is 50.4 Å². The van der Waals surface area contributed by atoms with Crippen LogP contribution in [0.3, 0.4) is 0 Å². The summed E-state index contributed by atoms with van der Waals surface area (Å²) in [5.74, 6) is 0.117. The standard InChI is InChI=1S/C23H25N3OS2.CH4O4S/c1-4-24-18-13-9-10-14-20(18)29-21(24)16-15-19-22(27)25(5-2)23(28-3)26(19)17-11-7-6-8-12-17;1-5-6(2,3)4/h6-16,23H,4-5H2,1-3H3;1H3,(H,2,3,4). The minimum atomic E-state index is -4.41. The highest BCUT2D eigenvalue weighted by Crippen LogP contribution is 2.45. The van der Waals surface area contributed by atoms with E-state index in [0.29, 0.717) is 6.54 Å². The summed E-state index contributed by atoms with van der Waals surface area (Å²) in [6.07, 6.45) is 6.22. The van der Waals surface area contributed by atoms with Crippen LogP contribution in [0.25, 0.3) is 0 Å². The third kappa shape index (κ3) is 6.29. The highest BCUT2D eigenvalue weighted by Gasteiger charge is 2.46. The Morgan fingerprint density at radius 2 is 1.71 bits per heavy atom. The molecule has 1 N–H and O–H groups in total. The van der Waals surface area contributed by atoms with Gasteiger partial charge in [0.1, 0.15) is 5.69 Å². The van der Waals surface area contributed by atoms with E-state index in [1.165, 1.54) is 10.6 Å². The number of benzene rings is 2. The second-order valence-corrected chi connectivity index (χ2v) is 10.6. The van der Waals surface area contributed by atoms with E-state index >= 15 is 0 Å². The number of carbonyl (C=O) groups is 1. The lowest BCUT2D eigenvalue weighted by atomic mass is 10.2. The summed E-state index contributed by atoms with van der Waals surface area (Å²) < 4.78 is 31.0. The Kier molecular flexibility index (Phi) is 9.45. The van der Waals surface area contributed by atoms with Crippen molar-refractivity contribution in [2.24, 2.45) is 0 Å². The number of carbonyl (C=O) groups excluding carboxylic acids is 1. The second kappa shape index (κ2) is 12.1. The maximum atomic E-state index is 13.2. The van der Waals surface area contributed by atoms with Crippen molar-refractivity contribution >= 4 is 51.2 Å². The van der Waals surface area contributed by atoms with E-state index in [9.17, 15) is 17.8 Å². The highest BCUT2D eigenvalue weighted by atomic mass is 32.3. The van der Waals surface area contributed by atoms with Crippen LogP contribution in [0.15, 0.2) is 82.4 Å². The molecule has 0 spiro atoms. The van der Waals surface area contributed by atoms with Gasteiger partial charge in [0.15, 0.2) is 0 Å². The molecule has 188 valence electrons. The highest BCUT2D eigenvalue weighted by molar-refractivity contribution is 8.03. The number of likely N-dealkylation sites (N-methyl/N-ethyl adjacent to an activating group) is 1. The van der Waals surface area contributed by atoms with Gasteiger partial charge < -0.3 is 9.45 Å². The first-order chi connectivity index (χ1) is 16.8. The number of hydrogen-bond donors (Lipinski definition) is 1. The molecule has 0 bridgehead atoms. The van der Waals surface area contributed by atoms with Gasteiger partial charge in [0.05, 0.1) is 17.8 Å². The van der Waals surface area contributed by atoms with E-state index in [-0.39, 0.29) is 11.4 Å². The molecule has 2 aliphatic heterocycles. The maximum absolute atomic E-state index is 13.2. The lowest BCUT2D eigenvalue weighted by molar-refractivity contribution is -0.797. The van der Waals surface area contributed by atoms with E-state index < -0.39 is 10.4 Å². The van der Waals surface area contributed by atoms with Crippen molar-refractivity contribution in [1.82, 2.24) is 4.90 Å². The van der Waals surface area contributed by atoms with Crippen LogP contribution in [-0.4, -0.2) is 55.7 Å². The SMILES string of the molecule is CCN1C(=CC=C2C(=O)N(CC)C(SC)[NH+]2c2ccccc2)Sc2ccccc21.COS(=O)(=O)[O-]. The van der Waals surface area contributed by atoms with Gasteiger partial charge in [0, 0.05) is 24.1 Å². The van der Waals surface area contributed by atoms with Gasteiger partial charge in [-0.1, -0.05) is 53.9 Å². The maximum Gasteiger partial charge on any atom is 0.313 e. The number of anilines is 1. The van der Waals surface area contributed by atoms with Crippen molar-refractivity contribution in [3.63, 3.8) is 0 Å². The van der Waals surface area contributed by atoms with Gasteiger partial charge in [-0.15, -0.1) is 0 Å². The molecule has 2 aliphatic rings. The topological polar surface area (TPSA) is 94.4 Å². The average Bonchev–Trinajstić information content (AvgIpc) is 3.36. The first-order valence-electron chi connectivity index (χ1n) is 11.0. The van der Waals surface area contributed by atoms with Crippen LogP contribution in [0.5, 0.6) is 0 Å². The molecule has 0 saturated carbocycles. The molecule has 35 heavy (non-hydrogen) atoms. The lowest BCUT2D eigenvalue weighted by Crippen LogP contribution is -3.07. The second-order valence-electron chi connectivity index (χ2n) is 7.43. The largest absolute Gasteiger partial charge is 0.726 e. The normalized spacial score (nSPS) is 21.9. The van der Waals surface area contributed by atoms with Crippen molar-refractivity contribution in [2.75, 3.05) is 31.4 Å². The molecule has 0 aliphatic carbocycles. The van der Waals surface area contributed by atoms with E-state index in [4.69, 9.17) is 0 Å². The minimum absolute atomic E-state index is 0.0512. The van der Waals surface area contributed by atoms with Crippen LogP contribution in [0.1, 0.15) is 13.8 Å². The van der Waals surface area contributed by atoms with Crippen LogP contribution in [0.4, 0.5) is 11.4 Å². The molecule has 8 nitrogen and oxygen atoms in total. The van der Waals surface area contributed by atoms with Gasteiger partial charge in [0.2, 0.25) is 21.6 Å². The number of para-hydroxylation sites is 2. The van der Waals surface area contributed by atoms with Crippen LogP contribution in [0.2, 0.25) is 0 Å². The average molecular weight is 536 g/mol. The summed E-state index contributed by atoms with van der Waals surface area (Å²) >= 11 is 3.49. The Hall–Kier alpha value is -2.28. The lowest BCUT2D eigenvalue weighted by Gasteiger charge is -2.23. The molecule has 0 aromatic heterocycles. The van der Waals surface area contributed by atoms with Crippen LogP contribution in [0, 0.1) is 0 Å². The van der Waals surface area contributed by atoms with E-state index in [2.05, 4.69) is 64.7 Å². The third-order valence-corrected chi connectivity index (χ3v) is 7.99. The molecular formula is C24H29N3O5S3. The summed E-state index contributed by atoms with van der Waals surface area (Å²) in [6, 6.07) is 18.8. The number of amides is 1. The molecule has 2 aromatic rings. The molecule has 11 heteroatoms. The van der Waals surface area contributed by atoms with Crippen molar-refractivity contribution in [3.8, 4) is 0 Å². The molecule has 1 fully saturated rings. The fraction of sp³-hybridized carbons (Fsp3) is 0.292. The van der Waals surface area contributed by atoms with Crippen molar-refractivity contribution < 1.29 is 26.8 Å². The molecule has 0 radical (unpaired) electrons. The molecule has 1 saturated heterocycles. The fourth-order valence-electron chi connectivity index (χ4n) is 3.95. The molecule has 2 aromatic carbocycles. The summed E-state index contributed by atoms with van der Waals surface area (Å²) in [6.45, 7) is 5.81. The predicted molar refractivity (Wildman–Crippen MR) is 140 cm³/mol. The van der Waals surface area contributed by atoms with Gasteiger partial charge in [-0.2, -0.15) is 0 Å². The number of thioether (sulfide) groups is 2. The minimum Gasteiger partial charge on any atom is -0.726 e. The molecule has 2 unspecified atom stereocenters. The first kappa shape index (κ1) is 27.3.